The quantitative estimate of drug-likeness (QED) is 0.755. The number of hydrogen-bond donors (Lipinski definition) is 2. The van der Waals surface area contributed by atoms with Crippen molar-refractivity contribution in [3.05, 3.63) is 54.0 Å². The predicted molar refractivity (Wildman–Crippen MR) is 92.2 cm³/mol. The summed E-state index contributed by atoms with van der Waals surface area (Å²) >= 11 is 0. The normalized spacial score (nSPS) is 10.1. The van der Waals surface area contributed by atoms with Crippen LogP contribution < -0.4 is 15.4 Å². The summed E-state index contributed by atoms with van der Waals surface area (Å²) in [7, 11) is 0. The summed E-state index contributed by atoms with van der Waals surface area (Å²) in [6.07, 6.45) is 1.16. The summed E-state index contributed by atoms with van der Waals surface area (Å²) in [6, 6.07) is 9.15. The maximum Gasteiger partial charge on any atom is 0.407 e. The summed E-state index contributed by atoms with van der Waals surface area (Å²) in [4.78, 5) is 26.9. The third-order valence-electron chi connectivity index (χ3n) is 3.20. The molecule has 0 atom stereocenters. The van der Waals surface area contributed by atoms with Gasteiger partial charge in [0.1, 0.15) is 11.6 Å². The molecule has 0 bridgehead atoms. The highest BCUT2D eigenvalue weighted by molar-refractivity contribution is 5.76. The Morgan fingerprint density at radius 3 is 2.73 bits per heavy atom. The Kier molecular flexibility index (Phi) is 7.35. The van der Waals surface area contributed by atoms with E-state index >= 15 is 0 Å². The minimum absolute atomic E-state index is 0.146. The molecule has 0 saturated heterocycles. The monoisotopic (exact) mass is 361 g/mol. The van der Waals surface area contributed by atoms with Crippen molar-refractivity contribution < 1.29 is 23.5 Å². The summed E-state index contributed by atoms with van der Waals surface area (Å²) in [5.41, 5.74) is 0.781. The summed E-state index contributed by atoms with van der Waals surface area (Å²) < 4.78 is 23.2. The molecule has 2 amide bonds. The number of aromatic nitrogens is 1. The molecule has 1 aromatic carbocycles. The number of alkyl carbamates (subject to hydrolysis) is 1. The SMILES string of the molecule is CCOC(=O)NCCC(=O)NCc1ccc(Oc2cccc(F)c2)nc1. The second kappa shape index (κ2) is 9.97. The van der Waals surface area contributed by atoms with Crippen molar-refractivity contribution in [2.45, 2.75) is 19.9 Å². The van der Waals surface area contributed by atoms with Crippen LogP contribution in [-0.2, 0) is 16.1 Å². The largest absolute Gasteiger partial charge is 0.450 e. The van der Waals surface area contributed by atoms with Gasteiger partial charge < -0.3 is 20.1 Å². The second-order valence-corrected chi connectivity index (χ2v) is 5.24. The van der Waals surface area contributed by atoms with Gasteiger partial charge in [0.05, 0.1) is 6.61 Å². The van der Waals surface area contributed by atoms with Crippen molar-refractivity contribution in [1.29, 1.82) is 0 Å². The predicted octanol–water partition coefficient (Wildman–Crippen LogP) is 2.77. The van der Waals surface area contributed by atoms with Crippen LogP contribution in [0.25, 0.3) is 0 Å². The van der Waals surface area contributed by atoms with Gasteiger partial charge in [0.15, 0.2) is 0 Å². The minimum Gasteiger partial charge on any atom is -0.450 e. The van der Waals surface area contributed by atoms with Crippen LogP contribution in [0.2, 0.25) is 0 Å². The lowest BCUT2D eigenvalue weighted by Gasteiger charge is -2.08. The minimum atomic E-state index is -0.543. The second-order valence-electron chi connectivity index (χ2n) is 5.24. The Bertz CT molecular complexity index is 737. The van der Waals surface area contributed by atoms with Crippen LogP contribution in [0, 0.1) is 5.82 Å². The Labute approximate surface area is 150 Å². The van der Waals surface area contributed by atoms with E-state index in [2.05, 4.69) is 15.6 Å². The molecule has 0 aliphatic rings. The van der Waals surface area contributed by atoms with Gasteiger partial charge in [-0.2, -0.15) is 0 Å². The molecule has 1 heterocycles. The number of nitrogens with one attached hydrogen (secondary N) is 2. The molecule has 0 aliphatic carbocycles. The van der Waals surface area contributed by atoms with E-state index in [0.717, 1.165) is 5.56 Å². The zero-order valence-electron chi connectivity index (χ0n) is 14.3. The number of halogens is 1. The fraction of sp³-hybridized carbons (Fsp3) is 0.278. The summed E-state index contributed by atoms with van der Waals surface area (Å²) in [5.74, 6) is 0.0816. The highest BCUT2D eigenvalue weighted by atomic mass is 19.1. The highest BCUT2D eigenvalue weighted by Crippen LogP contribution is 2.19. The molecule has 7 nitrogen and oxygen atoms in total. The van der Waals surface area contributed by atoms with Gasteiger partial charge in [-0.25, -0.2) is 14.2 Å². The van der Waals surface area contributed by atoms with Crippen LogP contribution in [-0.4, -0.2) is 30.1 Å². The van der Waals surface area contributed by atoms with Gasteiger partial charge in [0.25, 0.3) is 0 Å². The van der Waals surface area contributed by atoms with Gasteiger partial charge in [-0.1, -0.05) is 12.1 Å². The van der Waals surface area contributed by atoms with E-state index in [0.29, 0.717) is 18.2 Å². The first-order chi connectivity index (χ1) is 12.6. The molecule has 0 spiro atoms. The van der Waals surface area contributed by atoms with E-state index in [-0.39, 0.29) is 31.3 Å². The number of benzene rings is 1. The van der Waals surface area contributed by atoms with E-state index < -0.39 is 6.09 Å². The van der Waals surface area contributed by atoms with E-state index in [1.54, 1.807) is 37.4 Å². The molecule has 2 aromatic rings. The molecule has 8 heteroatoms. The Hall–Kier alpha value is -3.16. The molecule has 26 heavy (non-hydrogen) atoms. The van der Waals surface area contributed by atoms with Gasteiger partial charge in [-0.15, -0.1) is 0 Å². The fourth-order valence-corrected chi connectivity index (χ4v) is 1.98. The maximum absolute atomic E-state index is 13.1. The number of nitrogens with zero attached hydrogens (tertiary/aromatic N) is 1. The first-order valence-electron chi connectivity index (χ1n) is 8.12. The lowest BCUT2D eigenvalue weighted by molar-refractivity contribution is -0.121. The Morgan fingerprint density at radius 2 is 2.04 bits per heavy atom. The molecule has 0 radical (unpaired) electrons. The number of pyridine rings is 1. The van der Waals surface area contributed by atoms with Gasteiger partial charge in [0.2, 0.25) is 11.8 Å². The molecule has 0 unspecified atom stereocenters. The third-order valence-corrected chi connectivity index (χ3v) is 3.20. The van der Waals surface area contributed by atoms with Gasteiger partial charge in [-0.3, -0.25) is 4.79 Å². The number of ether oxygens (including phenoxy) is 2. The van der Waals surface area contributed by atoms with Gasteiger partial charge in [0, 0.05) is 37.8 Å². The zero-order chi connectivity index (χ0) is 18.8. The van der Waals surface area contributed by atoms with Crippen molar-refractivity contribution in [3.8, 4) is 11.6 Å². The number of rotatable bonds is 8. The van der Waals surface area contributed by atoms with E-state index in [4.69, 9.17) is 9.47 Å². The lowest BCUT2D eigenvalue weighted by atomic mass is 10.2. The number of amides is 2. The smallest absolute Gasteiger partial charge is 0.407 e. The number of carbonyl (C=O) groups excluding carboxylic acids is 2. The molecule has 2 rings (SSSR count). The lowest BCUT2D eigenvalue weighted by Crippen LogP contribution is -2.30. The van der Waals surface area contributed by atoms with Crippen molar-refractivity contribution in [3.63, 3.8) is 0 Å². The Morgan fingerprint density at radius 1 is 1.19 bits per heavy atom. The van der Waals surface area contributed by atoms with E-state index in [1.165, 1.54) is 12.1 Å². The van der Waals surface area contributed by atoms with Crippen molar-refractivity contribution in [1.82, 2.24) is 15.6 Å². The third kappa shape index (κ3) is 6.76. The number of hydrogen-bond acceptors (Lipinski definition) is 5. The molecule has 0 aliphatic heterocycles. The van der Waals surface area contributed by atoms with Crippen molar-refractivity contribution >= 4 is 12.0 Å². The topological polar surface area (TPSA) is 89.5 Å². The molecule has 1 aromatic heterocycles. The molecular formula is C18H20FN3O4. The molecule has 138 valence electrons. The van der Waals surface area contributed by atoms with Crippen LogP contribution in [0.5, 0.6) is 11.6 Å². The van der Waals surface area contributed by atoms with Crippen LogP contribution in [0.1, 0.15) is 18.9 Å². The maximum atomic E-state index is 13.1. The van der Waals surface area contributed by atoms with Crippen molar-refractivity contribution in [2.24, 2.45) is 0 Å². The van der Waals surface area contributed by atoms with Gasteiger partial charge in [-0.05, 0) is 24.6 Å². The van der Waals surface area contributed by atoms with Crippen LogP contribution in [0.15, 0.2) is 42.6 Å². The zero-order valence-corrected chi connectivity index (χ0v) is 14.3. The summed E-state index contributed by atoms with van der Waals surface area (Å²) in [6.45, 7) is 2.48. The van der Waals surface area contributed by atoms with Gasteiger partial charge >= 0.3 is 6.09 Å². The van der Waals surface area contributed by atoms with Crippen LogP contribution >= 0.6 is 0 Å². The van der Waals surface area contributed by atoms with E-state index in [1.807, 2.05) is 0 Å². The Balaban J connectivity index is 1.73. The standard InChI is InChI=1S/C18H20FN3O4/c1-2-25-18(24)20-9-8-16(23)21-11-13-6-7-17(22-12-13)26-15-5-3-4-14(19)10-15/h3-7,10,12H,2,8-9,11H2,1H3,(H,20,24)(H,21,23). The highest BCUT2D eigenvalue weighted by Gasteiger charge is 2.05. The first-order valence-corrected chi connectivity index (χ1v) is 8.12. The molecule has 2 N–H and O–H groups in total. The molecule has 0 saturated carbocycles. The molecular weight excluding hydrogens is 341 g/mol. The summed E-state index contributed by atoms with van der Waals surface area (Å²) in [5, 5.41) is 5.19. The molecule has 0 fully saturated rings. The first kappa shape index (κ1) is 19.2. The number of carbonyl (C=O) groups is 2. The van der Waals surface area contributed by atoms with Crippen LogP contribution in [0.3, 0.4) is 0 Å². The average Bonchev–Trinajstić information content (AvgIpc) is 2.61. The fourth-order valence-electron chi connectivity index (χ4n) is 1.98. The van der Waals surface area contributed by atoms with E-state index in [9.17, 15) is 14.0 Å². The van der Waals surface area contributed by atoms with Crippen molar-refractivity contribution in [2.75, 3.05) is 13.2 Å². The van der Waals surface area contributed by atoms with Crippen LogP contribution in [0.4, 0.5) is 9.18 Å². The average molecular weight is 361 g/mol.